The molecule has 73 heavy (non-hydrogen) atoms. The van der Waals surface area contributed by atoms with Gasteiger partial charge in [0, 0.05) is 67.0 Å². The van der Waals surface area contributed by atoms with E-state index < -0.39 is 37.0 Å². The van der Waals surface area contributed by atoms with Crippen molar-refractivity contribution in [1.29, 1.82) is 0 Å². The molecule has 1 amide bonds. The molecule has 3 saturated heterocycles. The van der Waals surface area contributed by atoms with Crippen LogP contribution in [0.1, 0.15) is 118 Å². The lowest BCUT2D eigenvalue weighted by molar-refractivity contribution is -0.384. The van der Waals surface area contributed by atoms with E-state index in [0.717, 1.165) is 49.6 Å². The van der Waals surface area contributed by atoms with Crippen molar-refractivity contribution in [2.24, 2.45) is 17.3 Å². The van der Waals surface area contributed by atoms with Crippen LogP contribution >= 0.6 is 0 Å². The fourth-order valence-corrected chi connectivity index (χ4v) is 14.4. The molecule has 4 N–H and O–H groups in total. The van der Waals surface area contributed by atoms with E-state index in [1.54, 1.807) is 6.07 Å². The minimum Gasteiger partial charge on any atom is -0.489 e. The topological polar surface area (TPSA) is 205 Å². The number of aromatic amines is 1. The second-order valence-corrected chi connectivity index (χ2v) is 24.3. The molecular formula is C55H66N8O9S. The Morgan fingerprint density at radius 1 is 0.945 bits per heavy atom. The molecule has 0 unspecified atom stereocenters. The number of carbonyl (C=O) groups is 1. The maximum atomic E-state index is 14.8. The maximum Gasteiger partial charge on any atom is 0.297 e. The van der Waals surface area contributed by atoms with Crippen molar-refractivity contribution in [3.05, 3.63) is 99.7 Å². The Balaban J connectivity index is 0.826. The van der Waals surface area contributed by atoms with Gasteiger partial charge in [0.1, 0.15) is 24.0 Å². The minimum atomic E-state index is -4.70. The van der Waals surface area contributed by atoms with E-state index in [1.165, 1.54) is 42.9 Å². The lowest BCUT2D eigenvalue weighted by Gasteiger charge is -2.56. The summed E-state index contributed by atoms with van der Waals surface area (Å²) in [7, 11) is -4.70. The first-order valence-electron chi connectivity index (χ1n) is 26.4. The third-order valence-electron chi connectivity index (χ3n) is 17.6. The van der Waals surface area contributed by atoms with E-state index in [0.29, 0.717) is 86.3 Å². The number of nitrogens with zero attached hydrogens (tertiary/aromatic N) is 5. The van der Waals surface area contributed by atoms with E-state index >= 15 is 0 Å². The summed E-state index contributed by atoms with van der Waals surface area (Å²) in [6, 6.07) is 21.5. The van der Waals surface area contributed by atoms with E-state index in [4.69, 9.17) is 19.2 Å². The number of sulfonamides is 1. The summed E-state index contributed by atoms with van der Waals surface area (Å²) >= 11 is 0. The summed E-state index contributed by atoms with van der Waals surface area (Å²) < 4.78 is 49.6. The highest BCUT2D eigenvalue weighted by Crippen LogP contribution is 2.55. The highest BCUT2D eigenvalue weighted by Gasteiger charge is 2.50. The maximum absolute atomic E-state index is 14.8. The number of hydrogen-bond donors (Lipinski definition) is 4. The zero-order valence-corrected chi connectivity index (χ0v) is 42.7. The van der Waals surface area contributed by atoms with Crippen LogP contribution in [-0.2, 0) is 14.8 Å². The van der Waals surface area contributed by atoms with Gasteiger partial charge in [0.25, 0.3) is 21.6 Å². The summed E-state index contributed by atoms with van der Waals surface area (Å²) in [4.78, 5) is 41.5. The zero-order chi connectivity index (χ0) is 50.4. The van der Waals surface area contributed by atoms with Gasteiger partial charge in [-0.3, -0.25) is 19.8 Å². The molecule has 18 heteroatoms. The largest absolute Gasteiger partial charge is 0.489 e. The molecule has 1 spiro atoms. The Labute approximate surface area is 426 Å². The number of anilines is 4. The molecule has 0 radical (unpaired) electrons. The molecule has 12 rings (SSSR count). The van der Waals surface area contributed by atoms with Crippen molar-refractivity contribution in [2.45, 2.75) is 126 Å². The quantitative estimate of drug-likeness (QED) is 0.0762. The highest BCUT2D eigenvalue weighted by molar-refractivity contribution is 7.90. The monoisotopic (exact) mass is 1010 g/mol. The van der Waals surface area contributed by atoms with Crippen LogP contribution < -0.4 is 29.3 Å². The van der Waals surface area contributed by atoms with Crippen LogP contribution in [0.25, 0.3) is 11.0 Å². The molecule has 17 nitrogen and oxygen atoms in total. The Morgan fingerprint density at radius 3 is 2.52 bits per heavy atom. The van der Waals surface area contributed by atoms with Crippen molar-refractivity contribution in [1.82, 2.24) is 19.6 Å². The number of hydrogen-bond acceptors (Lipinski definition) is 14. The summed E-state index contributed by atoms with van der Waals surface area (Å²) in [6.45, 7) is 10.6. The first-order valence-corrected chi connectivity index (χ1v) is 27.8. The highest BCUT2D eigenvalue weighted by atomic mass is 32.2. The number of likely N-dealkylation sites (tertiary alicyclic amines) is 1. The number of benzene rings is 3. The fourth-order valence-electron chi connectivity index (χ4n) is 13.4. The fraction of sp³-hybridized carbons (Fsp3) is 0.527. The smallest absolute Gasteiger partial charge is 0.297 e. The van der Waals surface area contributed by atoms with Gasteiger partial charge in [-0.15, -0.1) is 0 Å². The Hall–Kier alpha value is -5.95. The SMILES string of the molecule is CC(C)c1ccccc1[C@@H]1CCCN1C1CC2(CCN(c3ccc(C(=O)NS(=O)(=O)c4cc5c(c([N+](=O)[O-])c4)N[C@H](C4CCC(C)(O)CC4)CO5)c(N4C[C@@H]5COC[C@H]5Oc5nc6[nH]ccc6cc54)c3)CC2)C1. The van der Waals surface area contributed by atoms with Crippen LogP contribution in [-0.4, -0.2) is 109 Å². The average Bonchev–Trinajstić information content (AvgIpc) is 4.14. The van der Waals surface area contributed by atoms with Crippen LogP contribution in [0, 0.1) is 27.4 Å². The van der Waals surface area contributed by atoms with E-state index in [2.05, 4.69) is 62.9 Å². The third-order valence-corrected chi connectivity index (χ3v) is 18.9. The number of rotatable bonds is 10. The predicted octanol–water partition coefficient (Wildman–Crippen LogP) is 8.96. The number of ether oxygens (including phenoxy) is 3. The number of carbonyl (C=O) groups excluding carboxylic acids is 1. The molecule has 2 aliphatic carbocycles. The second kappa shape index (κ2) is 18.5. The van der Waals surface area contributed by atoms with Gasteiger partial charge in [-0.25, -0.2) is 13.1 Å². The summed E-state index contributed by atoms with van der Waals surface area (Å²) in [6.07, 6.45) is 11.1. The number of pyridine rings is 1. The van der Waals surface area contributed by atoms with E-state index in [9.17, 15) is 28.4 Å². The molecule has 0 bridgehead atoms. The lowest BCUT2D eigenvalue weighted by Crippen LogP contribution is -2.55. The number of fused-ring (bicyclic) bond motifs is 4. The second-order valence-electron chi connectivity index (χ2n) is 22.6. The molecule has 5 aromatic rings. The number of nitro benzene ring substituents is 1. The van der Waals surface area contributed by atoms with Gasteiger partial charge in [-0.1, -0.05) is 38.1 Å². The molecule has 386 valence electrons. The van der Waals surface area contributed by atoms with E-state index in [1.807, 2.05) is 42.3 Å². The van der Waals surface area contributed by atoms with Crippen LogP contribution in [0.15, 0.2) is 77.8 Å². The van der Waals surface area contributed by atoms with Gasteiger partial charge in [-0.05, 0) is 136 Å². The van der Waals surface area contributed by atoms with Gasteiger partial charge >= 0.3 is 0 Å². The molecule has 2 saturated carbocycles. The molecule has 4 atom stereocenters. The van der Waals surface area contributed by atoms with Crippen molar-refractivity contribution < 1.29 is 37.5 Å². The number of H-pyrrole nitrogens is 1. The van der Waals surface area contributed by atoms with Crippen LogP contribution in [0.5, 0.6) is 11.6 Å². The summed E-state index contributed by atoms with van der Waals surface area (Å²) in [5.41, 5.74) is 4.86. The summed E-state index contributed by atoms with van der Waals surface area (Å²) in [5.74, 6) is -0.0223. The van der Waals surface area contributed by atoms with Gasteiger partial charge in [0.2, 0.25) is 5.88 Å². The van der Waals surface area contributed by atoms with Crippen LogP contribution in [0.3, 0.4) is 0 Å². The number of aliphatic hydroxyl groups is 1. The standard InChI is InChI=1S/C55H66N8O9S/c1-33(2)40-7-4-5-8-41(40)44-9-6-20-61(44)38-27-55(28-38)17-21-60(22-18-55)37-10-11-42(45(24-37)62-29-36-30-70-32-49(36)72-53-47(62)23-35-14-19-56-51(35)58-53)52(64)59-73(68,69)39-25-46(63(66)67)50-48(26-39)71-31-43(57-50)34-12-15-54(3,65)16-13-34/h4-5,7-8,10-11,14,19,23-26,33-34,36,38,43-44,49,57,65H,6,9,12-13,15-18,20-22,27-32H2,1-3H3,(H,56,58)(H,59,64)/t34?,36-,43+,44+,49-,54?/m1/s1. The molecule has 7 aliphatic rings. The lowest BCUT2D eigenvalue weighted by atomic mass is 9.59. The van der Waals surface area contributed by atoms with Crippen LogP contribution in [0.2, 0.25) is 0 Å². The van der Waals surface area contributed by atoms with Gasteiger partial charge < -0.3 is 39.4 Å². The number of nitro groups is 1. The van der Waals surface area contributed by atoms with Gasteiger partial charge in [-0.2, -0.15) is 4.98 Å². The van der Waals surface area contributed by atoms with Crippen molar-refractivity contribution in [2.75, 3.05) is 61.1 Å². The van der Waals surface area contributed by atoms with Crippen molar-refractivity contribution >= 4 is 55.4 Å². The molecule has 5 aliphatic heterocycles. The van der Waals surface area contributed by atoms with Crippen molar-refractivity contribution in [3.8, 4) is 11.6 Å². The number of aromatic nitrogens is 2. The van der Waals surface area contributed by atoms with E-state index in [-0.39, 0.29) is 53.0 Å². The molecule has 3 aromatic carbocycles. The first-order chi connectivity index (χ1) is 35.1. The predicted molar refractivity (Wildman–Crippen MR) is 278 cm³/mol. The Morgan fingerprint density at radius 2 is 1.74 bits per heavy atom. The molecule has 7 heterocycles. The number of piperidine rings is 1. The molecule has 2 aromatic heterocycles. The number of amides is 1. The minimum absolute atomic E-state index is 0.0117. The Bertz CT molecular complexity index is 3060. The van der Waals surface area contributed by atoms with Gasteiger partial charge in [0.05, 0.1) is 45.9 Å². The van der Waals surface area contributed by atoms with Crippen LogP contribution in [0.4, 0.5) is 28.4 Å². The average molecular weight is 1020 g/mol. The first kappa shape index (κ1) is 48.0. The Kier molecular flexibility index (Phi) is 12.1. The molecule has 5 fully saturated rings. The van der Waals surface area contributed by atoms with Crippen molar-refractivity contribution in [3.63, 3.8) is 0 Å². The zero-order valence-electron chi connectivity index (χ0n) is 41.8. The summed E-state index contributed by atoms with van der Waals surface area (Å²) in [5, 5.41) is 27.2. The normalized spacial score (nSPS) is 27.1. The van der Waals surface area contributed by atoms with Gasteiger partial charge in [0.15, 0.2) is 11.4 Å². The third kappa shape index (κ3) is 8.94. The molecular weight excluding hydrogens is 949 g/mol. The number of nitrogens with one attached hydrogen (secondary N) is 3.